The molecule has 1 aliphatic heterocycles. The summed E-state index contributed by atoms with van der Waals surface area (Å²) in [6.07, 6.45) is 3.07. The summed E-state index contributed by atoms with van der Waals surface area (Å²) in [5.74, 6) is 1.08. The summed E-state index contributed by atoms with van der Waals surface area (Å²) in [6, 6.07) is 8.72. The Labute approximate surface area is 126 Å². The first-order valence-electron chi connectivity index (χ1n) is 6.50. The van der Waals surface area contributed by atoms with Crippen LogP contribution in [0.3, 0.4) is 0 Å². The summed E-state index contributed by atoms with van der Waals surface area (Å²) >= 11 is 0. The zero-order valence-corrected chi connectivity index (χ0v) is 12.0. The van der Waals surface area contributed by atoms with Crippen molar-refractivity contribution in [3.63, 3.8) is 0 Å². The number of furan rings is 1. The molecule has 0 amide bonds. The van der Waals surface area contributed by atoms with Crippen LogP contribution in [-0.4, -0.2) is 26.1 Å². The largest absolute Gasteiger partial charge is 0.493 e. The number of ether oxygens (including phenoxy) is 3. The van der Waals surface area contributed by atoms with Crippen LogP contribution in [0.2, 0.25) is 0 Å². The highest BCUT2D eigenvalue weighted by atomic mass is 16.6. The molecule has 22 heavy (non-hydrogen) atoms. The van der Waals surface area contributed by atoms with Gasteiger partial charge in [0.1, 0.15) is 0 Å². The van der Waals surface area contributed by atoms with Crippen molar-refractivity contribution >= 4 is 17.9 Å². The molecule has 0 N–H and O–H groups in total. The van der Waals surface area contributed by atoms with E-state index in [-0.39, 0.29) is 11.6 Å². The van der Waals surface area contributed by atoms with Crippen LogP contribution in [0.15, 0.2) is 51.7 Å². The fourth-order valence-corrected chi connectivity index (χ4v) is 2.09. The van der Waals surface area contributed by atoms with Gasteiger partial charge < -0.3 is 18.6 Å². The van der Waals surface area contributed by atoms with Crippen LogP contribution in [0.5, 0.6) is 11.5 Å². The lowest BCUT2D eigenvalue weighted by Gasteiger charge is -2.09. The quantitative estimate of drug-likeness (QED) is 0.641. The topological polar surface area (TPSA) is 70.3 Å². The number of nitrogens with zero attached hydrogens (tertiary/aromatic N) is 1. The minimum Gasteiger partial charge on any atom is -0.493 e. The molecule has 112 valence electrons. The summed E-state index contributed by atoms with van der Waals surface area (Å²) in [4.78, 5) is 16.1. The summed E-state index contributed by atoms with van der Waals surface area (Å²) in [6.45, 7) is 0. The Kier molecular flexibility index (Phi) is 3.65. The maximum atomic E-state index is 11.9. The minimum absolute atomic E-state index is 0.142. The van der Waals surface area contributed by atoms with Gasteiger partial charge >= 0.3 is 5.97 Å². The SMILES string of the molecule is COc1cccc(C=C2N=C(c3ccco3)OC2=O)c1OC. The van der Waals surface area contributed by atoms with Crippen LogP contribution in [-0.2, 0) is 9.53 Å². The van der Waals surface area contributed by atoms with Gasteiger partial charge in [0.05, 0.1) is 20.5 Å². The van der Waals surface area contributed by atoms with Crippen molar-refractivity contribution in [2.75, 3.05) is 14.2 Å². The van der Waals surface area contributed by atoms with E-state index in [0.29, 0.717) is 22.8 Å². The van der Waals surface area contributed by atoms with Crippen LogP contribution in [0, 0.1) is 0 Å². The number of cyclic esters (lactones) is 1. The Balaban J connectivity index is 2.00. The van der Waals surface area contributed by atoms with Crippen molar-refractivity contribution in [3.8, 4) is 11.5 Å². The van der Waals surface area contributed by atoms with Gasteiger partial charge in [0.15, 0.2) is 23.0 Å². The first-order valence-corrected chi connectivity index (χ1v) is 6.50. The molecule has 1 aromatic carbocycles. The zero-order valence-electron chi connectivity index (χ0n) is 12.0. The maximum Gasteiger partial charge on any atom is 0.363 e. The number of carbonyl (C=O) groups excluding carboxylic acids is 1. The molecule has 0 fully saturated rings. The standard InChI is InChI=1S/C16H13NO5/c1-19-12-6-3-5-10(14(12)20-2)9-11-16(18)22-15(17-11)13-7-4-8-21-13/h3-9H,1-2H3. The van der Waals surface area contributed by atoms with Gasteiger partial charge in [0.25, 0.3) is 5.90 Å². The number of benzene rings is 1. The Bertz CT molecular complexity index is 759. The second-order valence-corrected chi connectivity index (χ2v) is 4.40. The van der Waals surface area contributed by atoms with E-state index in [9.17, 15) is 4.79 Å². The number of hydrogen-bond acceptors (Lipinski definition) is 6. The zero-order chi connectivity index (χ0) is 15.5. The van der Waals surface area contributed by atoms with E-state index in [1.165, 1.54) is 13.4 Å². The van der Waals surface area contributed by atoms with Crippen molar-refractivity contribution in [2.45, 2.75) is 0 Å². The van der Waals surface area contributed by atoms with Gasteiger partial charge in [-0.2, -0.15) is 0 Å². The first-order chi connectivity index (χ1) is 10.7. The maximum absolute atomic E-state index is 11.9. The van der Waals surface area contributed by atoms with Crippen LogP contribution >= 0.6 is 0 Å². The van der Waals surface area contributed by atoms with E-state index in [1.54, 1.807) is 43.5 Å². The van der Waals surface area contributed by atoms with Crippen molar-refractivity contribution in [3.05, 3.63) is 53.6 Å². The normalized spacial score (nSPS) is 15.6. The molecule has 6 heteroatoms. The van der Waals surface area contributed by atoms with Crippen LogP contribution in [0.4, 0.5) is 0 Å². The van der Waals surface area contributed by atoms with Gasteiger partial charge in [-0.25, -0.2) is 9.79 Å². The van der Waals surface area contributed by atoms with Gasteiger partial charge in [0.2, 0.25) is 0 Å². The Morgan fingerprint density at radius 2 is 2.00 bits per heavy atom. The molecule has 6 nitrogen and oxygen atoms in total. The molecule has 2 aromatic rings. The number of hydrogen-bond donors (Lipinski definition) is 0. The summed E-state index contributed by atoms with van der Waals surface area (Å²) in [7, 11) is 3.08. The van der Waals surface area contributed by atoms with Crippen molar-refractivity contribution < 1.29 is 23.4 Å². The van der Waals surface area contributed by atoms with Gasteiger partial charge in [-0.3, -0.25) is 0 Å². The fourth-order valence-electron chi connectivity index (χ4n) is 2.09. The number of aliphatic imine (C=N–C) groups is 1. The van der Waals surface area contributed by atoms with E-state index < -0.39 is 5.97 Å². The third kappa shape index (κ3) is 2.46. The third-order valence-electron chi connectivity index (χ3n) is 3.08. The Morgan fingerprint density at radius 1 is 1.14 bits per heavy atom. The smallest absolute Gasteiger partial charge is 0.363 e. The monoisotopic (exact) mass is 299 g/mol. The van der Waals surface area contributed by atoms with Crippen molar-refractivity contribution in [1.29, 1.82) is 0 Å². The lowest BCUT2D eigenvalue weighted by molar-refractivity contribution is -0.130. The van der Waals surface area contributed by atoms with Crippen molar-refractivity contribution in [1.82, 2.24) is 0 Å². The summed E-state index contributed by atoms with van der Waals surface area (Å²) in [5, 5.41) is 0. The average Bonchev–Trinajstić information content (AvgIpc) is 3.17. The summed E-state index contributed by atoms with van der Waals surface area (Å²) < 4.78 is 20.8. The number of para-hydroxylation sites is 1. The molecule has 0 spiro atoms. The molecule has 0 bridgehead atoms. The van der Waals surface area contributed by atoms with Crippen LogP contribution < -0.4 is 9.47 Å². The van der Waals surface area contributed by atoms with E-state index in [2.05, 4.69) is 4.99 Å². The van der Waals surface area contributed by atoms with E-state index in [4.69, 9.17) is 18.6 Å². The predicted molar refractivity (Wildman–Crippen MR) is 78.9 cm³/mol. The molecular weight excluding hydrogens is 286 g/mol. The molecule has 0 aliphatic carbocycles. The Morgan fingerprint density at radius 3 is 2.68 bits per heavy atom. The molecule has 0 unspecified atom stereocenters. The molecule has 2 heterocycles. The van der Waals surface area contributed by atoms with E-state index >= 15 is 0 Å². The fraction of sp³-hybridized carbons (Fsp3) is 0.125. The lowest BCUT2D eigenvalue weighted by atomic mass is 10.1. The second-order valence-electron chi connectivity index (χ2n) is 4.40. The van der Waals surface area contributed by atoms with Gasteiger partial charge in [-0.1, -0.05) is 12.1 Å². The Hall–Kier alpha value is -3.02. The number of carbonyl (C=O) groups is 1. The van der Waals surface area contributed by atoms with Crippen LogP contribution in [0.1, 0.15) is 11.3 Å². The van der Waals surface area contributed by atoms with E-state index in [1.807, 2.05) is 0 Å². The molecule has 0 saturated carbocycles. The highest BCUT2D eigenvalue weighted by Gasteiger charge is 2.26. The lowest BCUT2D eigenvalue weighted by Crippen LogP contribution is -2.04. The number of methoxy groups -OCH3 is 2. The number of esters is 1. The molecule has 3 rings (SSSR count). The molecule has 0 saturated heterocycles. The first kappa shape index (κ1) is 13.9. The van der Waals surface area contributed by atoms with Gasteiger partial charge in [-0.15, -0.1) is 0 Å². The third-order valence-corrected chi connectivity index (χ3v) is 3.08. The van der Waals surface area contributed by atoms with E-state index in [0.717, 1.165) is 0 Å². The predicted octanol–water partition coefficient (Wildman–Crippen LogP) is 2.64. The molecule has 0 atom stereocenters. The minimum atomic E-state index is -0.545. The van der Waals surface area contributed by atoms with Crippen molar-refractivity contribution in [2.24, 2.45) is 4.99 Å². The number of rotatable bonds is 4. The molecule has 0 radical (unpaired) electrons. The average molecular weight is 299 g/mol. The molecule has 1 aromatic heterocycles. The van der Waals surface area contributed by atoms with Crippen LogP contribution in [0.25, 0.3) is 6.08 Å². The second kappa shape index (κ2) is 5.77. The van der Waals surface area contributed by atoms with Gasteiger partial charge in [0, 0.05) is 5.56 Å². The molecule has 1 aliphatic rings. The highest BCUT2D eigenvalue weighted by Crippen LogP contribution is 2.33. The van der Waals surface area contributed by atoms with Gasteiger partial charge in [-0.05, 0) is 24.3 Å². The summed E-state index contributed by atoms with van der Waals surface area (Å²) in [5.41, 5.74) is 0.830. The molecular formula is C16H13NO5. The highest BCUT2D eigenvalue weighted by molar-refractivity contribution is 6.12.